The molecule has 2 aromatic carbocycles. The van der Waals surface area contributed by atoms with Crippen molar-refractivity contribution in [3.8, 4) is 0 Å². The van der Waals surface area contributed by atoms with E-state index in [-0.39, 0.29) is 5.91 Å². The van der Waals surface area contributed by atoms with Crippen molar-refractivity contribution >= 4 is 16.9 Å². The molecular formula is C19H21N3O. The van der Waals surface area contributed by atoms with Gasteiger partial charge in [-0.15, -0.1) is 0 Å². The number of aryl methyl sites for hydroxylation is 2. The van der Waals surface area contributed by atoms with Gasteiger partial charge in [0, 0.05) is 12.6 Å². The zero-order valence-corrected chi connectivity index (χ0v) is 13.5. The number of benzene rings is 2. The number of rotatable bonds is 5. The van der Waals surface area contributed by atoms with Crippen LogP contribution < -0.4 is 5.32 Å². The Balaban J connectivity index is 1.69. The maximum absolute atomic E-state index is 12.3. The standard InChI is InChI=1S/C19H21N3O/c1-3-6-14-9-11-15(12-10-14)19(23)20-13-18-21-16-7-4-5-8-17(16)22(18)2/h4-5,7-12H,3,6,13H2,1-2H3,(H,20,23). The van der Waals surface area contributed by atoms with Crippen LogP contribution in [-0.2, 0) is 20.0 Å². The molecule has 4 heteroatoms. The van der Waals surface area contributed by atoms with Crippen molar-refractivity contribution in [2.45, 2.75) is 26.3 Å². The summed E-state index contributed by atoms with van der Waals surface area (Å²) in [6.07, 6.45) is 2.15. The van der Waals surface area contributed by atoms with E-state index < -0.39 is 0 Å². The molecule has 23 heavy (non-hydrogen) atoms. The molecule has 0 bridgehead atoms. The lowest BCUT2D eigenvalue weighted by Gasteiger charge is -2.06. The molecule has 0 fully saturated rings. The van der Waals surface area contributed by atoms with Gasteiger partial charge in [0.1, 0.15) is 5.82 Å². The van der Waals surface area contributed by atoms with Gasteiger partial charge in [-0.3, -0.25) is 4.79 Å². The van der Waals surface area contributed by atoms with Crippen LogP contribution in [0, 0.1) is 0 Å². The molecule has 0 saturated carbocycles. The van der Waals surface area contributed by atoms with Crippen LogP contribution in [0.4, 0.5) is 0 Å². The summed E-state index contributed by atoms with van der Waals surface area (Å²) >= 11 is 0. The number of carbonyl (C=O) groups excluding carboxylic acids is 1. The number of hydrogen-bond acceptors (Lipinski definition) is 2. The van der Waals surface area contributed by atoms with Gasteiger partial charge in [-0.25, -0.2) is 4.98 Å². The van der Waals surface area contributed by atoms with E-state index in [1.807, 2.05) is 60.1 Å². The Bertz CT molecular complexity index is 818. The maximum atomic E-state index is 12.3. The Morgan fingerprint density at radius 1 is 1.13 bits per heavy atom. The Morgan fingerprint density at radius 3 is 2.57 bits per heavy atom. The van der Waals surface area contributed by atoms with Crippen LogP contribution >= 0.6 is 0 Å². The van der Waals surface area contributed by atoms with Crippen molar-refractivity contribution in [3.05, 3.63) is 65.5 Å². The molecule has 4 nitrogen and oxygen atoms in total. The Morgan fingerprint density at radius 2 is 1.87 bits per heavy atom. The molecule has 1 heterocycles. The third-order valence-corrected chi connectivity index (χ3v) is 4.04. The number of fused-ring (bicyclic) bond motifs is 1. The average Bonchev–Trinajstić information content (AvgIpc) is 2.90. The quantitative estimate of drug-likeness (QED) is 0.784. The first-order valence-corrected chi connectivity index (χ1v) is 7.96. The van der Waals surface area contributed by atoms with Gasteiger partial charge in [0.2, 0.25) is 0 Å². The molecule has 0 radical (unpaired) electrons. The molecule has 0 unspecified atom stereocenters. The fourth-order valence-electron chi connectivity index (χ4n) is 2.73. The lowest BCUT2D eigenvalue weighted by Crippen LogP contribution is -2.24. The second kappa shape index (κ2) is 6.65. The van der Waals surface area contributed by atoms with Gasteiger partial charge in [0.05, 0.1) is 17.6 Å². The summed E-state index contributed by atoms with van der Waals surface area (Å²) in [4.78, 5) is 16.8. The molecule has 0 atom stereocenters. The summed E-state index contributed by atoms with van der Waals surface area (Å²) in [6, 6.07) is 15.8. The topological polar surface area (TPSA) is 46.9 Å². The first kappa shape index (κ1) is 15.3. The normalized spacial score (nSPS) is 10.9. The molecule has 0 aliphatic heterocycles. The van der Waals surface area contributed by atoms with E-state index in [0.29, 0.717) is 12.1 Å². The van der Waals surface area contributed by atoms with Gasteiger partial charge < -0.3 is 9.88 Å². The highest BCUT2D eigenvalue weighted by Crippen LogP contribution is 2.14. The predicted molar refractivity (Wildman–Crippen MR) is 92.3 cm³/mol. The Labute approximate surface area is 136 Å². The van der Waals surface area contributed by atoms with Gasteiger partial charge >= 0.3 is 0 Å². The fraction of sp³-hybridized carbons (Fsp3) is 0.263. The minimum Gasteiger partial charge on any atom is -0.345 e. The van der Waals surface area contributed by atoms with E-state index in [1.165, 1.54) is 5.56 Å². The first-order chi connectivity index (χ1) is 11.2. The summed E-state index contributed by atoms with van der Waals surface area (Å²) < 4.78 is 2.01. The number of carbonyl (C=O) groups is 1. The van der Waals surface area contributed by atoms with Crippen LogP contribution in [0.15, 0.2) is 48.5 Å². The van der Waals surface area contributed by atoms with Crippen molar-refractivity contribution < 1.29 is 4.79 Å². The van der Waals surface area contributed by atoms with Crippen LogP contribution in [0.3, 0.4) is 0 Å². The number of para-hydroxylation sites is 2. The van der Waals surface area contributed by atoms with Crippen LogP contribution in [-0.4, -0.2) is 15.5 Å². The highest BCUT2D eigenvalue weighted by atomic mass is 16.1. The number of nitrogens with one attached hydrogen (secondary N) is 1. The molecule has 0 spiro atoms. The second-order valence-corrected chi connectivity index (χ2v) is 5.71. The molecule has 0 saturated heterocycles. The predicted octanol–water partition coefficient (Wildman–Crippen LogP) is 3.46. The summed E-state index contributed by atoms with van der Waals surface area (Å²) in [7, 11) is 1.97. The van der Waals surface area contributed by atoms with E-state index in [1.54, 1.807) is 0 Å². The molecule has 0 aliphatic rings. The minimum absolute atomic E-state index is 0.0693. The molecule has 0 aliphatic carbocycles. The zero-order valence-electron chi connectivity index (χ0n) is 13.5. The molecule has 118 valence electrons. The van der Waals surface area contributed by atoms with Crippen LogP contribution in [0.25, 0.3) is 11.0 Å². The van der Waals surface area contributed by atoms with Gasteiger partial charge in [0.15, 0.2) is 0 Å². The average molecular weight is 307 g/mol. The molecule has 1 aromatic heterocycles. The summed E-state index contributed by atoms with van der Waals surface area (Å²) in [6.45, 7) is 2.57. The minimum atomic E-state index is -0.0693. The van der Waals surface area contributed by atoms with Crippen molar-refractivity contribution in [2.75, 3.05) is 0 Å². The van der Waals surface area contributed by atoms with Gasteiger partial charge in [-0.05, 0) is 36.2 Å². The maximum Gasteiger partial charge on any atom is 0.251 e. The molecule has 1 amide bonds. The monoisotopic (exact) mass is 307 g/mol. The second-order valence-electron chi connectivity index (χ2n) is 5.71. The van der Waals surface area contributed by atoms with Crippen molar-refractivity contribution in [3.63, 3.8) is 0 Å². The van der Waals surface area contributed by atoms with Gasteiger partial charge in [-0.2, -0.15) is 0 Å². The number of nitrogens with zero attached hydrogens (tertiary/aromatic N) is 2. The lowest BCUT2D eigenvalue weighted by atomic mass is 10.1. The zero-order chi connectivity index (χ0) is 16.2. The van der Waals surface area contributed by atoms with Crippen molar-refractivity contribution in [1.29, 1.82) is 0 Å². The van der Waals surface area contributed by atoms with Crippen molar-refractivity contribution in [2.24, 2.45) is 7.05 Å². The number of imidazole rings is 1. The van der Waals surface area contributed by atoms with E-state index in [0.717, 1.165) is 29.7 Å². The molecule has 3 rings (SSSR count). The summed E-state index contributed by atoms with van der Waals surface area (Å²) in [5.41, 5.74) is 3.96. The fourth-order valence-corrected chi connectivity index (χ4v) is 2.73. The number of aromatic nitrogens is 2. The summed E-state index contributed by atoms with van der Waals surface area (Å²) in [5, 5.41) is 2.95. The third-order valence-electron chi connectivity index (χ3n) is 4.04. The van der Waals surface area contributed by atoms with Crippen LogP contribution in [0.1, 0.15) is 35.1 Å². The largest absolute Gasteiger partial charge is 0.345 e. The van der Waals surface area contributed by atoms with Gasteiger partial charge in [0.25, 0.3) is 5.91 Å². The van der Waals surface area contributed by atoms with Crippen molar-refractivity contribution in [1.82, 2.24) is 14.9 Å². The Kier molecular flexibility index (Phi) is 4.42. The lowest BCUT2D eigenvalue weighted by molar-refractivity contribution is 0.0949. The summed E-state index contributed by atoms with van der Waals surface area (Å²) in [5.74, 6) is 0.780. The van der Waals surface area contributed by atoms with Crippen LogP contribution in [0.5, 0.6) is 0 Å². The highest BCUT2D eigenvalue weighted by molar-refractivity contribution is 5.94. The number of hydrogen-bond donors (Lipinski definition) is 1. The molecular weight excluding hydrogens is 286 g/mol. The highest BCUT2D eigenvalue weighted by Gasteiger charge is 2.10. The SMILES string of the molecule is CCCc1ccc(C(=O)NCc2nc3ccccc3n2C)cc1. The smallest absolute Gasteiger partial charge is 0.251 e. The Hall–Kier alpha value is -2.62. The van der Waals surface area contributed by atoms with E-state index >= 15 is 0 Å². The third kappa shape index (κ3) is 3.26. The first-order valence-electron chi connectivity index (χ1n) is 7.96. The van der Waals surface area contributed by atoms with E-state index in [2.05, 4.69) is 17.2 Å². The molecule has 1 N–H and O–H groups in total. The van der Waals surface area contributed by atoms with Crippen LogP contribution in [0.2, 0.25) is 0 Å². The van der Waals surface area contributed by atoms with E-state index in [9.17, 15) is 4.79 Å². The number of amides is 1. The molecule has 3 aromatic rings. The van der Waals surface area contributed by atoms with E-state index in [4.69, 9.17) is 0 Å². The van der Waals surface area contributed by atoms with Gasteiger partial charge in [-0.1, -0.05) is 37.6 Å².